The zero-order chi connectivity index (χ0) is 27.5. The molecule has 0 saturated heterocycles. The molecule has 38 heavy (non-hydrogen) atoms. The minimum absolute atomic E-state index is 0.0741. The SMILES string of the molecule is CCCCNC(=O)[C@H](CC)N(Cc1ccccc1)C(=O)CN(c1ccccc1F)S(=O)(=O)c1ccccc1. The first-order valence-electron chi connectivity index (χ1n) is 12.7. The monoisotopic (exact) mass is 539 g/mol. The summed E-state index contributed by atoms with van der Waals surface area (Å²) in [6.45, 7) is 3.70. The Bertz CT molecular complexity index is 1300. The van der Waals surface area contributed by atoms with Crippen molar-refractivity contribution in [1.29, 1.82) is 0 Å². The van der Waals surface area contributed by atoms with Crippen LogP contribution in [0.2, 0.25) is 0 Å². The molecule has 0 fully saturated rings. The quantitative estimate of drug-likeness (QED) is 0.318. The van der Waals surface area contributed by atoms with E-state index in [9.17, 15) is 22.4 Å². The lowest BCUT2D eigenvalue weighted by molar-refractivity contribution is -0.140. The number of nitrogens with one attached hydrogen (secondary N) is 1. The van der Waals surface area contributed by atoms with Crippen molar-refractivity contribution in [3.8, 4) is 0 Å². The van der Waals surface area contributed by atoms with Crippen LogP contribution in [0.4, 0.5) is 10.1 Å². The third kappa shape index (κ3) is 7.19. The topological polar surface area (TPSA) is 86.8 Å². The zero-order valence-corrected chi connectivity index (χ0v) is 22.5. The molecule has 0 aromatic heterocycles. The largest absolute Gasteiger partial charge is 0.354 e. The molecule has 0 aliphatic rings. The minimum atomic E-state index is -4.30. The molecule has 0 bridgehead atoms. The van der Waals surface area contributed by atoms with Gasteiger partial charge in [0.1, 0.15) is 18.4 Å². The van der Waals surface area contributed by atoms with Crippen LogP contribution in [0.25, 0.3) is 0 Å². The summed E-state index contributed by atoms with van der Waals surface area (Å²) in [6.07, 6.45) is 2.02. The van der Waals surface area contributed by atoms with E-state index in [1.807, 2.05) is 37.3 Å². The summed E-state index contributed by atoms with van der Waals surface area (Å²) in [5.41, 5.74) is 0.536. The predicted octanol–water partition coefficient (Wildman–Crippen LogP) is 4.74. The van der Waals surface area contributed by atoms with Gasteiger partial charge in [-0.25, -0.2) is 12.8 Å². The van der Waals surface area contributed by atoms with Gasteiger partial charge in [0.25, 0.3) is 10.0 Å². The van der Waals surface area contributed by atoms with E-state index in [1.54, 1.807) is 25.1 Å². The summed E-state index contributed by atoms with van der Waals surface area (Å²) < 4.78 is 43.0. The lowest BCUT2D eigenvalue weighted by Crippen LogP contribution is -2.52. The van der Waals surface area contributed by atoms with E-state index in [1.165, 1.54) is 35.2 Å². The van der Waals surface area contributed by atoms with E-state index in [-0.39, 0.29) is 23.0 Å². The van der Waals surface area contributed by atoms with Crippen LogP contribution in [0.1, 0.15) is 38.7 Å². The standard InChI is InChI=1S/C29H34FN3O4S/c1-3-5-20-31-29(35)26(4-2)32(21-23-14-8-6-9-15-23)28(34)22-33(27-19-13-12-18-25(27)30)38(36,37)24-16-10-7-11-17-24/h6-19,26H,3-5,20-22H2,1-2H3,(H,31,35)/t26-/m0/s1. The number of para-hydroxylation sites is 1. The fourth-order valence-corrected chi connectivity index (χ4v) is 5.54. The fraction of sp³-hybridized carbons (Fsp3) is 0.310. The third-order valence-corrected chi connectivity index (χ3v) is 7.92. The van der Waals surface area contributed by atoms with Crippen LogP contribution in [0.3, 0.4) is 0 Å². The van der Waals surface area contributed by atoms with Crippen LogP contribution in [0.5, 0.6) is 0 Å². The van der Waals surface area contributed by atoms with Crippen molar-refractivity contribution in [3.63, 3.8) is 0 Å². The van der Waals surface area contributed by atoms with Gasteiger partial charge in [-0.15, -0.1) is 0 Å². The molecule has 0 heterocycles. The maximum atomic E-state index is 14.9. The summed E-state index contributed by atoms with van der Waals surface area (Å²) in [7, 11) is -4.30. The molecule has 7 nitrogen and oxygen atoms in total. The van der Waals surface area contributed by atoms with Gasteiger partial charge in [0, 0.05) is 13.1 Å². The summed E-state index contributed by atoms with van der Waals surface area (Å²) in [4.78, 5) is 28.3. The first-order chi connectivity index (χ1) is 18.3. The maximum absolute atomic E-state index is 14.9. The van der Waals surface area contributed by atoms with Crippen molar-refractivity contribution in [2.24, 2.45) is 0 Å². The summed E-state index contributed by atoms with van der Waals surface area (Å²) in [5.74, 6) is -1.71. The Labute approximate surface area is 224 Å². The number of hydrogen-bond donors (Lipinski definition) is 1. The molecule has 0 spiro atoms. The third-order valence-electron chi connectivity index (χ3n) is 6.14. The van der Waals surface area contributed by atoms with Gasteiger partial charge in [-0.1, -0.05) is 80.9 Å². The van der Waals surface area contributed by atoms with Gasteiger partial charge < -0.3 is 10.2 Å². The first-order valence-corrected chi connectivity index (χ1v) is 14.2. The molecule has 0 saturated carbocycles. The van der Waals surface area contributed by atoms with Crippen molar-refractivity contribution < 1.29 is 22.4 Å². The Hall–Kier alpha value is -3.72. The van der Waals surface area contributed by atoms with E-state index < -0.39 is 34.3 Å². The van der Waals surface area contributed by atoms with E-state index in [0.29, 0.717) is 13.0 Å². The fourth-order valence-electron chi connectivity index (χ4n) is 4.09. The predicted molar refractivity (Wildman–Crippen MR) is 146 cm³/mol. The molecule has 0 unspecified atom stereocenters. The molecule has 3 aromatic rings. The van der Waals surface area contributed by atoms with Gasteiger partial charge in [-0.05, 0) is 42.7 Å². The number of unbranched alkanes of at least 4 members (excludes halogenated alkanes) is 1. The Balaban J connectivity index is 2.02. The van der Waals surface area contributed by atoms with Crippen LogP contribution < -0.4 is 9.62 Å². The Kier molecular flexibility index (Phi) is 10.4. The van der Waals surface area contributed by atoms with Crippen molar-refractivity contribution in [2.75, 3.05) is 17.4 Å². The second-order valence-electron chi connectivity index (χ2n) is 8.85. The lowest BCUT2D eigenvalue weighted by Gasteiger charge is -2.33. The van der Waals surface area contributed by atoms with Crippen LogP contribution in [0.15, 0.2) is 89.8 Å². The highest BCUT2D eigenvalue weighted by Crippen LogP contribution is 2.27. The number of amides is 2. The number of rotatable bonds is 13. The molecular weight excluding hydrogens is 505 g/mol. The van der Waals surface area contributed by atoms with Crippen molar-refractivity contribution in [2.45, 2.75) is 50.6 Å². The van der Waals surface area contributed by atoms with E-state index in [4.69, 9.17) is 0 Å². The van der Waals surface area contributed by atoms with Gasteiger partial charge in [0.15, 0.2) is 0 Å². The van der Waals surface area contributed by atoms with Crippen LogP contribution in [-0.4, -0.2) is 44.3 Å². The second-order valence-corrected chi connectivity index (χ2v) is 10.7. The van der Waals surface area contributed by atoms with Crippen molar-refractivity contribution >= 4 is 27.5 Å². The molecule has 0 radical (unpaired) electrons. The minimum Gasteiger partial charge on any atom is -0.354 e. The average molecular weight is 540 g/mol. The highest BCUT2D eigenvalue weighted by molar-refractivity contribution is 7.92. The number of benzene rings is 3. The van der Waals surface area contributed by atoms with Gasteiger partial charge in [-0.3, -0.25) is 13.9 Å². The number of carbonyl (C=O) groups is 2. The molecule has 1 atom stereocenters. The maximum Gasteiger partial charge on any atom is 0.264 e. The molecule has 3 rings (SSSR count). The molecule has 202 valence electrons. The Morgan fingerprint density at radius 1 is 0.895 bits per heavy atom. The number of carbonyl (C=O) groups excluding carboxylic acids is 2. The zero-order valence-electron chi connectivity index (χ0n) is 21.7. The van der Waals surface area contributed by atoms with Gasteiger partial charge >= 0.3 is 0 Å². The molecule has 1 N–H and O–H groups in total. The van der Waals surface area contributed by atoms with Gasteiger partial charge in [0.05, 0.1) is 10.6 Å². The van der Waals surface area contributed by atoms with Crippen LogP contribution in [0, 0.1) is 5.82 Å². The van der Waals surface area contributed by atoms with E-state index in [2.05, 4.69) is 5.32 Å². The number of halogens is 1. The van der Waals surface area contributed by atoms with Gasteiger partial charge in [0.2, 0.25) is 11.8 Å². The first kappa shape index (κ1) is 28.8. The summed E-state index contributed by atoms with van der Waals surface area (Å²) in [6, 6.07) is 21.3. The smallest absolute Gasteiger partial charge is 0.264 e. The highest BCUT2D eigenvalue weighted by atomic mass is 32.2. The normalized spacial score (nSPS) is 12.0. The molecular formula is C29H34FN3O4S. The molecule has 2 amide bonds. The molecule has 0 aliphatic carbocycles. The number of anilines is 1. The van der Waals surface area contributed by atoms with E-state index in [0.717, 1.165) is 28.8 Å². The highest BCUT2D eigenvalue weighted by Gasteiger charge is 2.34. The summed E-state index contributed by atoms with van der Waals surface area (Å²) in [5, 5.41) is 2.88. The Morgan fingerprint density at radius 3 is 2.11 bits per heavy atom. The number of hydrogen-bond acceptors (Lipinski definition) is 4. The summed E-state index contributed by atoms with van der Waals surface area (Å²) >= 11 is 0. The molecule has 0 aliphatic heterocycles. The Morgan fingerprint density at radius 2 is 1.50 bits per heavy atom. The van der Waals surface area contributed by atoms with Crippen LogP contribution >= 0.6 is 0 Å². The number of sulfonamides is 1. The van der Waals surface area contributed by atoms with Crippen LogP contribution in [-0.2, 0) is 26.2 Å². The second kappa shape index (κ2) is 13.7. The van der Waals surface area contributed by atoms with Crippen molar-refractivity contribution in [3.05, 3.63) is 96.3 Å². The van der Waals surface area contributed by atoms with Gasteiger partial charge in [-0.2, -0.15) is 0 Å². The molecule has 3 aromatic carbocycles. The van der Waals surface area contributed by atoms with E-state index >= 15 is 0 Å². The average Bonchev–Trinajstić information content (AvgIpc) is 2.93. The molecule has 9 heteroatoms. The van der Waals surface area contributed by atoms with Crippen molar-refractivity contribution in [1.82, 2.24) is 10.2 Å². The number of nitrogens with zero attached hydrogens (tertiary/aromatic N) is 2. The lowest BCUT2D eigenvalue weighted by atomic mass is 10.1.